The number of aliphatic hydroxyl groups is 1. The Hall–Kier alpha value is -3.44. The zero-order chi connectivity index (χ0) is 27.7. The van der Waals surface area contributed by atoms with Crippen LogP contribution in [0.5, 0.6) is 5.75 Å². The van der Waals surface area contributed by atoms with Gasteiger partial charge in [-0.1, -0.05) is 78.0 Å². The molecular weight excluding hydrogens is 520 g/mol. The van der Waals surface area contributed by atoms with Crippen LogP contribution in [-0.4, -0.2) is 54.0 Å². The van der Waals surface area contributed by atoms with Gasteiger partial charge in [0.1, 0.15) is 12.4 Å². The number of benzene rings is 3. The number of ether oxygens (including phenoxy) is 1. The number of carboxylic acid groups (broad SMARTS) is 1. The highest BCUT2D eigenvalue weighted by molar-refractivity contribution is 7.89. The smallest absolute Gasteiger partial charge is 0.404 e. The molecule has 2 atom stereocenters. The topological polar surface area (TPSA) is 125 Å². The fourth-order valence-corrected chi connectivity index (χ4v) is 5.81. The van der Waals surface area contributed by atoms with Crippen molar-refractivity contribution in [1.29, 1.82) is 0 Å². The molecule has 1 aliphatic rings. The van der Waals surface area contributed by atoms with Gasteiger partial charge in [0.05, 0.1) is 29.7 Å². The van der Waals surface area contributed by atoms with Crippen LogP contribution in [0.1, 0.15) is 36.8 Å². The van der Waals surface area contributed by atoms with E-state index >= 15 is 0 Å². The summed E-state index contributed by atoms with van der Waals surface area (Å²) in [4.78, 5) is 17.4. The molecule has 3 N–H and O–H groups in total. The Balaban J connectivity index is 1.51. The van der Waals surface area contributed by atoms with E-state index in [-0.39, 0.29) is 17.4 Å². The first-order chi connectivity index (χ1) is 18.8. The molecule has 0 heterocycles. The predicted octanol–water partition coefficient (Wildman–Crippen LogP) is 4.37. The molecule has 0 saturated heterocycles. The Bertz CT molecular complexity index is 1280. The standard InChI is InChI=1S/C29H34N2O7S/c32-28(27(30-29(33)34)19-22-9-3-1-4-10-22)20-31(38-25-13-7-8-14-25)39(35,36)26-17-15-24(16-18-26)37-21-23-11-5-2-6-12-23/h1-6,9-12,15-18,25,27-28,30,32H,7-8,13-14,19-21H2,(H,33,34)/t27-,28+/m0/s1. The van der Waals surface area contributed by atoms with E-state index in [9.17, 15) is 23.4 Å². The van der Waals surface area contributed by atoms with Gasteiger partial charge in [0.2, 0.25) is 0 Å². The summed E-state index contributed by atoms with van der Waals surface area (Å²) in [6.45, 7) is -0.0989. The Morgan fingerprint density at radius 1 is 0.923 bits per heavy atom. The van der Waals surface area contributed by atoms with Crippen LogP contribution in [0.3, 0.4) is 0 Å². The molecule has 0 spiro atoms. The highest BCUT2D eigenvalue weighted by atomic mass is 32.2. The first-order valence-electron chi connectivity index (χ1n) is 13.0. The van der Waals surface area contributed by atoms with E-state index in [1.807, 2.05) is 60.7 Å². The molecule has 9 nitrogen and oxygen atoms in total. The number of sulfonamides is 1. The largest absolute Gasteiger partial charge is 0.489 e. The number of hydrogen-bond acceptors (Lipinski definition) is 6. The summed E-state index contributed by atoms with van der Waals surface area (Å²) in [6.07, 6.45) is 0.444. The molecule has 10 heteroatoms. The van der Waals surface area contributed by atoms with Gasteiger partial charge in [-0.2, -0.15) is 0 Å². The molecule has 0 bridgehead atoms. The van der Waals surface area contributed by atoms with E-state index in [1.54, 1.807) is 12.1 Å². The second kappa shape index (κ2) is 13.6. The van der Waals surface area contributed by atoms with E-state index in [2.05, 4.69) is 5.32 Å². The van der Waals surface area contributed by atoms with Crippen LogP contribution in [0, 0.1) is 0 Å². The van der Waals surface area contributed by atoms with Crippen molar-refractivity contribution in [3.05, 3.63) is 96.1 Å². The summed E-state index contributed by atoms with van der Waals surface area (Å²) in [7, 11) is -4.18. The summed E-state index contributed by atoms with van der Waals surface area (Å²) in [5.41, 5.74) is 1.78. The van der Waals surface area contributed by atoms with Gasteiger partial charge in [-0.05, 0) is 54.7 Å². The van der Waals surface area contributed by atoms with Gasteiger partial charge in [-0.25, -0.2) is 13.2 Å². The Labute approximate surface area is 229 Å². The molecule has 0 aliphatic heterocycles. The summed E-state index contributed by atoms with van der Waals surface area (Å²) in [5.74, 6) is 0.509. The third-order valence-electron chi connectivity index (χ3n) is 6.61. The summed E-state index contributed by atoms with van der Waals surface area (Å²) in [5, 5.41) is 22.7. The number of carbonyl (C=O) groups is 1. The Kier molecular flexibility index (Phi) is 9.94. The van der Waals surface area contributed by atoms with E-state index in [0.717, 1.165) is 28.4 Å². The summed E-state index contributed by atoms with van der Waals surface area (Å²) in [6, 6.07) is 23.8. The fourth-order valence-electron chi connectivity index (χ4n) is 4.51. The lowest BCUT2D eigenvalue weighted by atomic mass is 10.0. The first kappa shape index (κ1) is 28.6. The van der Waals surface area contributed by atoms with Gasteiger partial charge in [0.15, 0.2) is 0 Å². The van der Waals surface area contributed by atoms with Crippen molar-refractivity contribution < 1.29 is 33.0 Å². The number of hydroxylamine groups is 1. The molecule has 3 aromatic carbocycles. The molecule has 3 aromatic rings. The monoisotopic (exact) mass is 554 g/mol. The predicted molar refractivity (Wildman–Crippen MR) is 146 cm³/mol. The van der Waals surface area contributed by atoms with Crippen LogP contribution in [0.25, 0.3) is 0 Å². The van der Waals surface area contributed by atoms with E-state index in [0.29, 0.717) is 25.2 Å². The average molecular weight is 555 g/mol. The molecule has 1 fully saturated rings. The molecule has 0 radical (unpaired) electrons. The van der Waals surface area contributed by atoms with Gasteiger partial charge in [0.25, 0.3) is 10.0 Å². The molecule has 0 unspecified atom stereocenters. The molecule has 1 aliphatic carbocycles. The lowest BCUT2D eigenvalue weighted by Crippen LogP contribution is -2.50. The number of aliphatic hydroxyl groups excluding tert-OH is 1. The third-order valence-corrected chi connectivity index (χ3v) is 8.25. The van der Waals surface area contributed by atoms with E-state index < -0.39 is 34.8 Å². The molecule has 1 saturated carbocycles. The maximum Gasteiger partial charge on any atom is 0.404 e. The van der Waals surface area contributed by atoms with Crippen molar-refractivity contribution >= 4 is 16.1 Å². The van der Waals surface area contributed by atoms with Crippen molar-refractivity contribution in [2.45, 2.75) is 61.9 Å². The van der Waals surface area contributed by atoms with Crippen LogP contribution in [0.2, 0.25) is 0 Å². The van der Waals surface area contributed by atoms with Crippen LogP contribution in [0.4, 0.5) is 4.79 Å². The molecule has 0 aromatic heterocycles. The number of hydrogen-bond donors (Lipinski definition) is 3. The molecule has 1 amide bonds. The lowest BCUT2D eigenvalue weighted by molar-refractivity contribution is -0.145. The number of rotatable bonds is 13. The maximum atomic E-state index is 13.7. The van der Waals surface area contributed by atoms with Crippen LogP contribution < -0.4 is 10.1 Å². The minimum absolute atomic E-state index is 0.0226. The average Bonchev–Trinajstić information content (AvgIpc) is 3.45. The van der Waals surface area contributed by atoms with Crippen molar-refractivity contribution in [1.82, 2.24) is 9.79 Å². The van der Waals surface area contributed by atoms with Crippen molar-refractivity contribution in [2.75, 3.05) is 6.54 Å². The number of amides is 1. The second-order valence-corrected chi connectivity index (χ2v) is 11.4. The first-order valence-corrected chi connectivity index (χ1v) is 14.4. The Morgan fingerprint density at radius 2 is 1.51 bits per heavy atom. The van der Waals surface area contributed by atoms with Gasteiger partial charge >= 0.3 is 6.09 Å². The van der Waals surface area contributed by atoms with Crippen LogP contribution in [0.15, 0.2) is 89.8 Å². The maximum absolute atomic E-state index is 13.7. The highest BCUT2D eigenvalue weighted by Gasteiger charge is 2.34. The normalized spacial score (nSPS) is 15.6. The highest BCUT2D eigenvalue weighted by Crippen LogP contribution is 2.27. The molecule has 39 heavy (non-hydrogen) atoms. The zero-order valence-electron chi connectivity index (χ0n) is 21.6. The number of nitrogens with zero attached hydrogens (tertiary/aromatic N) is 1. The van der Waals surface area contributed by atoms with Gasteiger partial charge in [0, 0.05) is 0 Å². The SMILES string of the molecule is O=C(O)N[C@@H](Cc1ccccc1)[C@H](O)CN(OC1CCCC1)S(=O)(=O)c1ccc(OCc2ccccc2)cc1. The summed E-state index contributed by atoms with van der Waals surface area (Å²) < 4.78 is 33.9. The third kappa shape index (κ3) is 8.27. The summed E-state index contributed by atoms with van der Waals surface area (Å²) >= 11 is 0. The van der Waals surface area contributed by atoms with Crippen molar-refractivity contribution in [2.24, 2.45) is 0 Å². The van der Waals surface area contributed by atoms with Crippen molar-refractivity contribution in [3.63, 3.8) is 0 Å². The number of nitrogens with one attached hydrogen (secondary N) is 1. The van der Waals surface area contributed by atoms with E-state index in [4.69, 9.17) is 9.57 Å². The van der Waals surface area contributed by atoms with Crippen molar-refractivity contribution in [3.8, 4) is 5.75 Å². The zero-order valence-corrected chi connectivity index (χ0v) is 22.4. The molecule has 4 rings (SSSR count). The molecule has 208 valence electrons. The van der Waals surface area contributed by atoms with Gasteiger partial charge in [-0.3, -0.25) is 4.84 Å². The second-order valence-electron chi connectivity index (χ2n) is 9.56. The Morgan fingerprint density at radius 3 is 2.10 bits per heavy atom. The lowest BCUT2D eigenvalue weighted by Gasteiger charge is -2.30. The van der Waals surface area contributed by atoms with Crippen LogP contribution in [-0.2, 0) is 27.9 Å². The van der Waals surface area contributed by atoms with Gasteiger partial charge < -0.3 is 20.3 Å². The van der Waals surface area contributed by atoms with E-state index in [1.165, 1.54) is 12.1 Å². The van der Waals surface area contributed by atoms with Gasteiger partial charge in [-0.15, -0.1) is 0 Å². The quantitative estimate of drug-likeness (QED) is 0.268. The van der Waals surface area contributed by atoms with Crippen LogP contribution >= 0.6 is 0 Å². The molecular formula is C29H34N2O7S. The minimum atomic E-state index is -4.18. The fraction of sp³-hybridized carbons (Fsp3) is 0.345. The minimum Gasteiger partial charge on any atom is -0.489 e.